The number of carbonyl (C=O) groups is 6. The van der Waals surface area contributed by atoms with Crippen LogP contribution in [0.2, 0.25) is 0 Å². The van der Waals surface area contributed by atoms with Crippen molar-refractivity contribution in [1.82, 2.24) is 19.6 Å². The number of rotatable bonds is 13. The molecule has 4 saturated heterocycles. The maximum absolute atomic E-state index is 12.8. The standard InChI is InChI=1S/C17H19NO3.C16H16F3NO4S.C16H19NO2.C15H17NO2.C13H14O4.CH2Cl2/c1-3-7-18-9-11-8-12(10-18)16(19)15-13(11)5-4-6-14(15)17(20)21-2;1-2-6-20-8-10-7-11(9-20)15(21)14-12(10)4-3-5-13(14)24-25(22,23)16(17,18)19;1-3-7-17-9-11-8-12(10-17)16(18)15-13(11)5-4-6-14(15)19-2;1-2-6-16-8-10-7-11(9-16)15(18)14-12(10)4-3-5-13(14)17;1-17-9-4-2-3-6-7-5-8(11(14)10(6)9)13(16)12(7)15;2-1-3/h3-6,11-12H,1,7-10H2,2H3;2-5,10-11H,1,6-9H2;3-6,11-12H,1,7-10H2,2H3;2-5,10-11,17H,1,6-9H2;2-4,7-8,12-13,15-16H,5H2,1H3;1H2. The normalized spacial score (nSPS) is 26.1. The van der Waals surface area contributed by atoms with Crippen LogP contribution in [0.1, 0.15) is 152 Å². The van der Waals surface area contributed by atoms with Crippen molar-refractivity contribution in [2.24, 2.45) is 29.6 Å². The Bertz CT molecular complexity index is 4190. The number of aliphatic hydroxyl groups is 2. The van der Waals surface area contributed by atoms with Crippen molar-refractivity contribution < 1.29 is 84.1 Å². The number of likely N-dealkylation sites (tertiary alicyclic amines) is 4. The van der Waals surface area contributed by atoms with Gasteiger partial charge in [-0.05, 0) is 114 Å². The minimum absolute atomic E-state index is 0.0259. The lowest BCUT2D eigenvalue weighted by Gasteiger charge is -2.41. The molecule has 3 N–H and O–H groups in total. The number of halogens is 5. The van der Waals surface area contributed by atoms with Gasteiger partial charge in [0.1, 0.15) is 17.2 Å². The van der Waals surface area contributed by atoms with E-state index in [9.17, 15) is 65.7 Å². The second-order valence-electron chi connectivity index (χ2n) is 27.5. The number of piperidine rings is 4. The van der Waals surface area contributed by atoms with E-state index in [2.05, 4.69) is 51.3 Å². The van der Waals surface area contributed by atoms with Crippen molar-refractivity contribution in [3.63, 3.8) is 0 Å². The molecule has 4 aliphatic heterocycles. The van der Waals surface area contributed by atoms with Gasteiger partial charge in [-0.15, -0.1) is 49.5 Å². The van der Waals surface area contributed by atoms with Gasteiger partial charge in [-0.3, -0.25) is 43.6 Å². The van der Waals surface area contributed by atoms with Gasteiger partial charge in [0.15, 0.2) is 34.7 Å². The molecule has 12 atom stereocenters. The molecule has 25 heteroatoms. The summed E-state index contributed by atoms with van der Waals surface area (Å²) in [7, 11) is -1.32. The minimum Gasteiger partial charge on any atom is -0.507 e. The molecule has 103 heavy (non-hydrogen) atoms. The fraction of sp³-hybridized carbons (Fsp3) is 0.436. The van der Waals surface area contributed by atoms with E-state index in [0.717, 1.165) is 118 Å². The van der Waals surface area contributed by atoms with Crippen LogP contribution in [0.5, 0.6) is 23.0 Å². The largest absolute Gasteiger partial charge is 0.534 e. The van der Waals surface area contributed by atoms with Gasteiger partial charge in [-0.25, -0.2) is 4.79 Å². The van der Waals surface area contributed by atoms with Gasteiger partial charge >= 0.3 is 21.6 Å². The maximum Gasteiger partial charge on any atom is 0.534 e. The van der Waals surface area contributed by atoms with E-state index in [1.165, 1.54) is 20.3 Å². The van der Waals surface area contributed by atoms with Crippen LogP contribution in [0.3, 0.4) is 0 Å². The molecule has 10 aliphatic rings. The number of carbonyl (C=O) groups excluding carboxylic acids is 6. The predicted octanol–water partition coefficient (Wildman–Crippen LogP) is 11.8. The van der Waals surface area contributed by atoms with Gasteiger partial charge in [0, 0.05) is 114 Å². The summed E-state index contributed by atoms with van der Waals surface area (Å²) >= 11 is 9.53. The van der Waals surface area contributed by atoms with Crippen molar-refractivity contribution in [2.45, 2.75) is 79.4 Å². The molecule has 0 aromatic heterocycles. The number of aliphatic hydroxyl groups excluding tert-OH is 2. The zero-order valence-corrected chi connectivity index (χ0v) is 60.1. The van der Waals surface area contributed by atoms with E-state index in [0.29, 0.717) is 83.8 Å². The maximum atomic E-state index is 12.8. The summed E-state index contributed by atoms with van der Waals surface area (Å²) in [6.45, 7) is 24.4. The summed E-state index contributed by atoms with van der Waals surface area (Å²) < 4.78 is 80.1. The zero-order chi connectivity index (χ0) is 74.4. The van der Waals surface area contributed by atoms with Crippen LogP contribution < -0.4 is 13.7 Å². The van der Waals surface area contributed by atoms with Crippen molar-refractivity contribution in [2.75, 3.05) is 105 Å². The number of aromatic hydroxyl groups is 1. The number of phenolic OH excluding ortho intramolecular Hbond substituents is 1. The third kappa shape index (κ3) is 16.2. The summed E-state index contributed by atoms with van der Waals surface area (Å²) in [5.41, 5.74) is 1.83. The number of hydrogen-bond acceptors (Lipinski definition) is 19. The van der Waals surface area contributed by atoms with Gasteiger partial charge in [0.05, 0.1) is 72.6 Å². The lowest BCUT2D eigenvalue weighted by Crippen LogP contribution is -2.46. The van der Waals surface area contributed by atoms with Crippen LogP contribution in [-0.2, 0) is 14.9 Å². The molecule has 6 aliphatic carbocycles. The Labute approximate surface area is 608 Å². The Hall–Kier alpha value is -7.84. The Balaban J connectivity index is 0.000000138. The van der Waals surface area contributed by atoms with Gasteiger partial charge in [-0.1, -0.05) is 85.0 Å². The highest BCUT2D eigenvalue weighted by Crippen LogP contribution is 2.50. The molecule has 0 spiro atoms. The first-order valence-electron chi connectivity index (χ1n) is 34.3. The number of Topliss-reactive ketones (excluding diaryl/α,β-unsaturated/α-hetero) is 5. The predicted molar refractivity (Wildman–Crippen MR) is 385 cm³/mol. The number of hydrogen-bond donors (Lipinski definition) is 3. The molecule has 4 heterocycles. The van der Waals surface area contributed by atoms with E-state index in [4.69, 9.17) is 37.4 Å². The van der Waals surface area contributed by atoms with E-state index >= 15 is 0 Å². The third-order valence-corrected chi connectivity index (χ3v) is 22.2. The molecule has 5 aromatic rings. The van der Waals surface area contributed by atoms with Crippen LogP contribution in [0.15, 0.2) is 142 Å². The molecular weight excluding hydrogens is 1390 g/mol. The number of esters is 1. The van der Waals surface area contributed by atoms with Gasteiger partial charge in [-0.2, -0.15) is 21.6 Å². The second-order valence-corrected chi connectivity index (χ2v) is 29.8. The van der Waals surface area contributed by atoms with Crippen LogP contribution in [0, 0.1) is 29.6 Å². The molecule has 0 amide bonds. The first kappa shape index (κ1) is 77.8. The lowest BCUT2D eigenvalue weighted by molar-refractivity contribution is -0.0500. The van der Waals surface area contributed by atoms with Crippen molar-refractivity contribution in [3.05, 3.63) is 203 Å². The Kier molecular flexibility index (Phi) is 25.3. The highest BCUT2D eigenvalue weighted by atomic mass is 35.5. The Morgan fingerprint density at radius 3 is 1.19 bits per heavy atom. The second kappa shape index (κ2) is 33.5. The molecule has 10 bridgehead atoms. The fourth-order valence-corrected chi connectivity index (χ4v) is 17.5. The van der Waals surface area contributed by atoms with Crippen molar-refractivity contribution >= 4 is 68.2 Å². The first-order valence-corrected chi connectivity index (χ1v) is 36.8. The topological polar surface area (TPSA) is 247 Å². The molecule has 12 unspecified atom stereocenters. The van der Waals surface area contributed by atoms with Gasteiger partial charge in [0.2, 0.25) is 0 Å². The average Bonchev–Trinajstić information content (AvgIpc) is 1.72. The summed E-state index contributed by atoms with van der Waals surface area (Å²) in [4.78, 5) is 83.6. The first-order chi connectivity index (χ1) is 49.3. The number of alkyl halides is 5. The van der Waals surface area contributed by atoms with Crippen molar-refractivity contribution in [1.29, 1.82) is 0 Å². The third-order valence-electron chi connectivity index (χ3n) is 21.2. The Morgan fingerprint density at radius 1 is 0.476 bits per heavy atom. The number of methoxy groups -OCH3 is 3. The molecule has 15 rings (SSSR count). The average molecular weight is 1480 g/mol. The van der Waals surface area contributed by atoms with Gasteiger partial charge < -0.3 is 33.7 Å². The number of phenols is 1. The summed E-state index contributed by atoms with van der Waals surface area (Å²) in [6.07, 6.45) is 9.49. The number of nitrogens with zero attached hydrogens (tertiary/aromatic N) is 4. The monoisotopic (exact) mass is 1480 g/mol. The van der Waals surface area contributed by atoms with Crippen molar-refractivity contribution in [3.8, 4) is 23.0 Å². The molecular formula is C78H87Cl2F3N4O15S. The number of fused-ring (bicyclic) bond motifs is 20. The molecule has 1 saturated carbocycles. The molecule has 5 fully saturated rings. The number of ketones is 5. The smallest absolute Gasteiger partial charge is 0.507 e. The van der Waals surface area contributed by atoms with Crippen LogP contribution >= 0.6 is 23.2 Å². The Morgan fingerprint density at radius 2 is 0.796 bits per heavy atom. The summed E-state index contributed by atoms with van der Waals surface area (Å²) in [6, 6.07) is 26.4. The SMILES string of the molecule is C=CCN1CC2CC(C1)c1cccc(C(=O)OC)c1C2=O.C=CCN1CC2CC(C1)c1cccc(O)c1C2=O.C=CCN1CC2CC(C1)c1cccc(OC)c1C2=O.C=CCN1CC2CC(C1)c1cccc(OS(=O)(=O)C(F)(F)F)c1C2=O.COc1cccc2c1C(=O)C1CC2C(O)C1O.ClCCl. The quantitative estimate of drug-likeness (QED) is 0.0326. The summed E-state index contributed by atoms with van der Waals surface area (Å²) in [5.74, 6) is 0.495. The molecule has 550 valence electrons. The highest BCUT2D eigenvalue weighted by molar-refractivity contribution is 7.88. The van der Waals surface area contributed by atoms with E-state index in [1.54, 1.807) is 37.5 Å². The molecule has 19 nitrogen and oxygen atoms in total. The van der Waals surface area contributed by atoms with E-state index in [-0.39, 0.29) is 75.2 Å². The van der Waals surface area contributed by atoms with Crippen LogP contribution in [0.4, 0.5) is 13.2 Å². The zero-order valence-electron chi connectivity index (χ0n) is 57.8. The molecule has 0 radical (unpaired) electrons. The lowest BCUT2D eigenvalue weighted by atomic mass is 9.72. The number of benzene rings is 5. The van der Waals surface area contributed by atoms with Crippen LogP contribution in [0.25, 0.3) is 0 Å². The minimum atomic E-state index is -5.83. The van der Waals surface area contributed by atoms with E-state index < -0.39 is 51.4 Å². The number of ether oxygens (including phenoxy) is 3. The molecule has 5 aromatic carbocycles. The van der Waals surface area contributed by atoms with E-state index in [1.807, 2.05) is 71.7 Å². The summed E-state index contributed by atoms with van der Waals surface area (Å²) in [5, 5.41) is 29.9. The highest BCUT2D eigenvalue weighted by Gasteiger charge is 2.53. The fourth-order valence-electron chi connectivity index (χ4n) is 17.0. The van der Waals surface area contributed by atoms with Crippen LogP contribution in [-0.4, -0.2) is 201 Å². The van der Waals surface area contributed by atoms with Gasteiger partial charge in [0.25, 0.3) is 0 Å².